The van der Waals surface area contributed by atoms with Gasteiger partial charge in [-0.05, 0) is 42.0 Å². The number of hydrogen-bond acceptors (Lipinski definition) is 5. The molecule has 0 aliphatic heterocycles. The normalized spacial score (nSPS) is 11.7. The molecule has 2 N–H and O–H groups in total. The zero-order valence-electron chi connectivity index (χ0n) is 16.4. The fourth-order valence-corrected chi connectivity index (χ4v) is 2.88. The van der Waals surface area contributed by atoms with Gasteiger partial charge in [-0.25, -0.2) is 0 Å². The third-order valence-electron chi connectivity index (χ3n) is 4.44. The maximum atomic E-state index is 12.4. The summed E-state index contributed by atoms with van der Waals surface area (Å²) in [6, 6.07) is 23.9. The Labute approximate surface area is 170 Å². The second kappa shape index (κ2) is 10.4. The number of nitrogens with one attached hydrogen (secondary N) is 1. The lowest BCUT2D eigenvalue weighted by Crippen LogP contribution is -2.31. The first-order valence-corrected chi connectivity index (χ1v) is 9.50. The molecule has 150 valence electrons. The summed E-state index contributed by atoms with van der Waals surface area (Å²) in [5.74, 6) is 1.39. The second-order valence-electron chi connectivity index (χ2n) is 6.67. The molecule has 0 radical (unpaired) electrons. The third-order valence-corrected chi connectivity index (χ3v) is 4.44. The van der Waals surface area contributed by atoms with E-state index in [1.165, 1.54) is 0 Å². The molecule has 3 aromatic rings. The van der Waals surface area contributed by atoms with E-state index in [1.807, 2.05) is 42.5 Å². The fraction of sp³-hybridized carbons (Fsp3) is 0.208. The highest BCUT2D eigenvalue weighted by Crippen LogP contribution is 2.16. The Kier molecular flexibility index (Phi) is 7.39. The number of aliphatic hydroxyl groups is 1. The maximum Gasteiger partial charge on any atom is 0.193 e. The average Bonchev–Trinajstić information content (AvgIpc) is 2.78. The minimum atomic E-state index is -0.647. The van der Waals surface area contributed by atoms with E-state index in [0.29, 0.717) is 30.0 Å². The zero-order valence-corrected chi connectivity index (χ0v) is 16.4. The molecule has 5 heteroatoms. The van der Waals surface area contributed by atoms with Crippen molar-refractivity contribution in [1.82, 2.24) is 5.32 Å². The van der Waals surface area contributed by atoms with E-state index in [9.17, 15) is 9.90 Å². The third kappa shape index (κ3) is 6.17. The van der Waals surface area contributed by atoms with Crippen LogP contribution >= 0.6 is 0 Å². The van der Waals surface area contributed by atoms with Crippen molar-refractivity contribution in [1.29, 1.82) is 0 Å². The highest BCUT2D eigenvalue weighted by Gasteiger charge is 2.09. The van der Waals surface area contributed by atoms with E-state index in [-0.39, 0.29) is 12.4 Å². The molecule has 0 bridgehead atoms. The van der Waals surface area contributed by atoms with E-state index in [1.54, 1.807) is 43.5 Å². The van der Waals surface area contributed by atoms with E-state index in [0.717, 1.165) is 11.3 Å². The summed E-state index contributed by atoms with van der Waals surface area (Å²) >= 11 is 0. The fourth-order valence-electron chi connectivity index (χ4n) is 2.88. The van der Waals surface area contributed by atoms with Gasteiger partial charge in [0, 0.05) is 24.2 Å². The number of carbonyl (C=O) groups excluding carboxylic acids is 1. The van der Waals surface area contributed by atoms with E-state index in [4.69, 9.17) is 9.47 Å². The maximum absolute atomic E-state index is 12.4. The lowest BCUT2D eigenvalue weighted by atomic mass is 10.0. The van der Waals surface area contributed by atoms with Gasteiger partial charge < -0.3 is 19.9 Å². The largest absolute Gasteiger partial charge is 0.497 e. The molecule has 0 amide bonds. The molecule has 0 saturated carbocycles. The first-order valence-electron chi connectivity index (χ1n) is 9.50. The molecule has 0 fully saturated rings. The number of rotatable bonds is 10. The Morgan fingerprint density at radius 1 is 0.931 bits per heavy atom. The second-order valence-corrected chi connectivity index (χ2v) is 6.67. The van der Waals surface area contributed by atoms with Crippen LogP contribution in [-0.4, -0.2) is 37.3 Å². The highest BCUT2D eigenvalue weighted by molar-refractivity contribution is 6.08. The Hall–Kier alpha value is -3.15. The van der Waals surface area contributed by atoms with Crippen LogP contribution < -0.4 is 14.8 Å². The van der Waals surface area contributed by atoms with Crippen LogP contribution in [0.5, 0.6) is 11.5 Å². The lowest BCUT2D eigenvalue weighted by molar-refractivity contribution is 0.103. The standard InChI is InChI=1S/C24H25NO4/c1-28-23-9-5-6-18(14-23)15-25-16-21(26)17-29-22-12-10-20(11-13-22)24(27)19-7-3-2-4-8-19/h2-14,21,25-26H,15-17H2,1H3/t21-/m0/s1. The summed E-state index contributed by atoms with van der Waals surface area (Å²) in [6.07, 6.45) is -0.647. The molecule has 5 nitrogen and oxygen atoms in total. The summed E-state index contributed by atoms with van der Waals surface area (Å²) in [4.78, 5) is 12.4. The van der Waals surface area contributed by atoms with Crippen LogP contribution in [0, 0.1) is 0 Å². The smallest absolute Gasteiger partial charge is 0.193 e. The molecule has 0 aliphatic rings. The highest BCUT2D eigenvalue weighted by atomic mass is 16.5. The van der Waals surface area contributed by atoms with Crippen molar-refractivity contribution in [3.8, 4) is 11.5 Å². The van der Waals surface area contributed by atoms with Crippen molar-refractivity contribution in [2.75, 3.05) is 20.3 Å². The van der Waals surface area contributed by atoms with Crippen molar-refractivity contribution >= 4 is 5.78 Å². The predicted molar refractivity (Wildman–Crippen MR) is 113 cm³/mol. The van der Waals surface area contributed by atoms with Crippen LogP contribution in [0.15, 0.2) is 78.9 Å². The molecule has 29 heavy (non-hydrogen) atoms. The molecule has 0 unspecified atom stereocenters. The minimum Gasteiger partial charge on any atom is -0.497 e. The van der Waals surface area contributed by atoms with E-state index >= 15 is 0 Å². The number of carbonyl (C=O) groups is 1. The summed E-state index contributed by atoms with van der Waals surface area (Å²) in [6.45, 7) is 1.20. The van der Waals surface area contributed by atoms with Gasteiger partial charge in [-0.15, -0.1) is 0 Å². The molecule has 1 atom stereocenters. The van der Waals surface area contributed by atoms with Gasteiger partial charge >= 0.3 is 0 Å². The van der Waals surface area contributed by atoms with Crippen molar-refractivity contribution in [2.24, 2.45) is 0 Å². The number of aliphatic hydroxyl groups excluding tert-OH is 1. The molecule has 3 aromatic carbocycles. The quantitative estimate of drug-likeness (QED) is 0.518. The molecule has 3 rings (SSSR count). The number of benzene rings is 3. The molecular weight excluding hydrogens is 366 g/mol. The van der Waals surface area contributed by atoms with E-state index < -0.39 is 6.10 Å². The average molecular weight is 391 g/mol. The molecule has 0 spiro atoms. The summed E-state index contributed by atoms with van der Waals surface area (Å²) in [5, 5.41) is 13.3. The molecule has 0 heterocycles. The van der Waals surface area contributed by atoms with Crippen molar-refractivity contribution in [2.45, 2.75) is 12.6 Å². The van der Waals surface area contributed by atoms with Gasteiger partial charge in [-0.3, -0.25) is 4.79 Å². The van der Waals surface area contributed by atoms with Crippen LogP contribution in [0.4, 0.5) is 0 Å². The van der Waals surface area contributed by atoms with Gasteiger partial charge in [-0.1, -0.05) is 42.5 Å². The SMILES string of the molecule is COc1cccc(CNC[C@H](O)COc2ccc(C(=O)c3ccccc3)cc2)c1. The van der Waals surface area contributed by atoms with Crippen molar-refractivity contribution in [3.63, 3.8) is 0 Å². The van der Waals surface area contributed by atoms with Crippen LogP contribution in [-0.2, 0) is 6.54 Å². The summed E-state index contributed by atoms with van der Waals surface area (Å²) in [5.41, 5.74) is 2.33. The number of ketones is 1. The van der Waals surface area contributed by atoms with Gasteiger partial charge in [0.15, 0.2) is 5.78 Å². The van der Waals surface area contributed by atoms with Gasteiger partial charge in [-0.2, -0.15) is 0 Å². The van der Waals surface area contributed by atoms with Crippen LogP contribution in [0.1, 0.15) is 21.5 Å². The Morgan fingerprint density at radius 3 is 2.38 bits per heavy atom. The summed E-state index contributed by atoms with van der Waals surface area (Å²) < 4.78 is 10.8. The van der Waals surface area contributed by atoms with Gasteiger partial charge in [0.2, 0.25) is 0 Å². The van der Waals surface area contributed by atoms with Crippen LogP contribution in [0.3, 0.4) is 0 Å². The summed E-state index contributed by atoms with van der Waals surface area (Å²) in [7, 11) is 1.64. The van der Waals surface area contributed by atoms with Gasteiger partial charge in [0.05, 0.1) is 7.11 Å². The molecular formula is C24H25NO4. The first kappa shape index (κ1) is 20.6. The van der Waals surface area contributed by atoms with Crippen molar-refractivity contribution in [3.05, 3.63) is 95.6 Å². The predicted octanol–water partition coefficient (Wildman–Crippen LogP) is 3.46. The zero-order chi connectivity index (χ0) is 20.5. The lowest BCUT2D eigenvalue weighted by Gasteiger charge is -2.14. The Bertz CT molecular complexity index is 910. The molecule has 0 aromatic heterocycles. The van der Waals surface area contributed by atoms with Gasteiger partial charge in [0.1, 0.15) is 24.2 Å². The van der Waals surface area contributed by atoms with Crippen LogP contribution in [0.2, 0.25) is 0 Å². The topological polar surface area (TPSA) is 67.8 Å². The minimum absolute atomic E-state index is 0.0288. The van der Waals surface area contributed by atoms with Crippen LogP contribution in [0.25, 0.3) is 0 Å². The number of hydrogen-bond donors (Lipinski definition) is 2. The van der Waals surface area contributed by atoms with Crippen molar-refractivity contribution < 1.29 is 19.4 Å². The Morgan fingerprint density at radius 2 is 1.66 bits per heavy atom. The number of methoxy groups -OCH3 is 1. The molecule has 0 saturated heterocycles. The number of ether oxygens (including phenoxy) is 2. The monoisotopic (exact) mass is 391 g/mol. The van der Waals surface area contributed by atoms with Gasteiger partial charge in [0.25, 0.3) is 0 Å². The van der Waals surface area contributed by atoms with E-state index in [2.05, 4.69) is 5.32 Å². The Balaban J connectivity index is 1.43. The first-order chi connectivity index (χ1) is 14.2. The molecule has 0 aliphatic carbocycles.